The average Bonchev–Trinajstić information content (AvgIpc) is 2.80. The van der Waals surface area contributed by atoms with Crippen LogP contribution in [0.5, 0.6) is 0 Å². The Morgan fingerprint density at radius 1 is 1.50 bits per heavy atom. The first-order valence-electron chi connectivity index (χ1n) is 6.44. The van der Waals surface area contributed by atoms with Crippen LogP contribution in [0.15, 0.2) is 6.20 Å². The summed E-state index contributed by atoms with van der Waals surface area (Å²) in [6.07, 6.45) is 4.06. The van der Waals surface area contributed by atoms with Crippen LogP contribution in [-0.4, -0.2) is 42.4 Å². The van der Waals surface area contributed by atoms with Gasteiger partial charge in [0.15, 0.2) is 0 Å². The van der Waals surface area contributed by atoms with Crippen molar-refractivity contribution in [2.45, 2.75) is 38.8 Å². The zero-order valence-electron chi connectivity index (χ0n) is 11.3. The Balaban J connectivity index is 2.14. The highest BCUT2D eigenvalue weighted by Gasteiger charge is 2.28. The number of anilines is 1. The lowest BCUT2D eigenvalue weighted by atomic mass is 10.1. The molecule has 0 unspecified atom stereocenters. The van der Waals surface area contributed by atoms with Gasteiger partial charge in [-0.2, -0.15) is 0 Å². The molecule has 2 atom stereocenters. The topological polar surface area (TPSA) is 56.3 Å². The van der Waals surface area contributed by atoms with Gasteiger partial charge in [0.2, 0.25) is 0 Å². The van der Waals surface area contributed by atoms with E-state index < -0.39 is 0 Å². The Bertz CT molecular complexity index is 398. The zero-order chi connectivity index (χ0) is 13.0. The number of rotatable bonds is 5. The van der Waals surface area contributed by atoms with Crippen LogP contribution in [0, 0.1) is 6.92 Å². The molecule has 5 heteroatoms. The Hall–Kier alpha value is -1.20. The summed E-state index contributed by atoms with van der Waals surface area (Å²) in [5.74, 6) is 1.70. The lowest BCUT2D eigenvalue weighted by Gasteiger charge is -2.20. The molecule has 1 aromatic rings. The summed E-state index contributed by atoms with van der Waals surface area (Å²) < 4.78 is 10.8. The van der Waals surface area contributed by atoms with Gasteiger partial charge in [-0.25, -0.2) is 9.97 Å². The van der Waals surface area contributed by atoms with Crippen LogP contribution >= 0.6 is 0 Å². The number of nitrogens with zero attached hydrogens (tertiary/aromatic N) is 2. The number of ether oxygens (including phenoxy) is 2. The predicted octanol–water partition coefficient (Wildman–Crippen LogP) is 1.56. The molecule has 1 fully saturated rings. The number of nitrogens with one attached hydrogen (secondary N) is 1. The molecule has 100 valence electrons. The second-order valence-corrected chi connectivity index (χ2v) is 4.60. The van der Waals surface area contributed by atoms with Crippen LogP contribution in [-0.2, 0) is 15.9 Å². The van der Waals surface area contributed by atoms with Crippen LogP contribution in [0.25, 0.3) is 0 Å². The fourth-order valence-corrected chi connectivity index (χ4v) is 2.15. The Kier molecular flexibility index (Phi) is 4.49. The summed E-state index contributed by atoms with van der Waals surface area (Å²) in [6.45, 7) is 5.36. The van der Waals surface area contributed by atoms with Crippen molar-refractivity contribution in [3.63, 3.8) is 0 Å². The normalized spacial score (nSPS) is 23.3. The van der Waals surface area contributed by atoms with Gasteiger partial charge in [0.25, 0.3) is 0 Å². The highest BCUT2D eigenvalue weighted by atomic mass is 16.5. The monoisotopic (exact) mass is 251 g/mol. The van der Waals surface area contributed by atoms with Gasteiger partial charge in [-0.05, 0) is 13.3 Å². The first kappa shape index (κ1) is 13.2. The number of aryl methyl sites for hydroxylation is 2. The van der Waals surface area contributed by atoms with Crippen LogP contribution in [0.4, 0.5) is 5.82 Å². The zero-order valence-corrected chi connectivity index (χ0v) is 11.3. The molecule has 18 heavy (non-hydrogen) atoms. The summed E-state index contributed by atoms with van der Waals surface area (Å²) in [7, 11) is 1.71. The van der Waals surface area contributed by atoms with Crippen molar-refractivity contribution in [1.29, 1.82) is 0 Å². The Morgan fingerprint density at radius 3 is 3.06 bits per heavy atom. The molecule has 5 nitrogen and oxygen atoms in total. The molecule has 1 aromatic heterocycles. The van der Waals surface area contributed by atoms with Gasteiger partial charge in [-0.15, -0.1) is 0 Å². The second kappa shape index (κ2) is 6.11. The Labute approximate surface area is 108 Å². The fraction of sp³-hybridized carbons (Fsp3) is 0.692. The molecule has 2 rings (SSSR count). The molecule has 0 spiro atoms. The largest absolute Gasteiger partial charge is 0.377 e. The number of methoxy groups -OCH3 is 1. The van der Waals surface area contributed by atoms with E-state index in [0.29, 0.717) is 13.2 Å². The number of hydrogen-bond acceptors (Lipinski definition) is 5. The summed E-state index contributed by atoms with van der Waals surface area (Å²) in [4.78, 5) is 8.75. The van der Waals surface area contributed by atoms with Gasteiger partial charge in [0, 0.05) is 18.9 Å². The molecule has 0 amide bonds. The first-order chi connectivity index (χ1) is 8.74. The first-order valence-corrected chi connectivity index (χ1v) is 6.44. The quantitative estimate of drug-likeness (QED) is 0.860. The van der Waals surface area contributed by atoms with Crippen LogP contribution in [0.3, 0.4) is 0 Å². The van der Waals surface area contributed by atoms with E-state index in [9.17, 15) is 0 Å². The summed E-state index contributed by atoms with van der Waals surface area (Å²) in [6, 6.07) is 0.167. The third-order valence-electron chi connectivity index (χ3n) is 3.16. The van der Waals surface area contributed by atoms with Crippen molar-refractivity contribution >= 4 is 5.82 Å². The van der Waals surface area contributed by atoms with Gasteiger partial charge >= 0.3 is 0 Å². The molecular formula is C13H21N3O2. The third-order valence-corrected chi connectivity index (χ3v) is 3.16. The van der Waals surface area contributed by atoms with Gasteiger partial charge in [-0.1, -0.05) is 13.3 Å². The average molecular weight is 251 g/mol. The minimum absolute atomic E-state index is 0.0924. The maximum atomic E-state index is 5.43. The van der Waals surface area contributed by atoms with Crippen molar-refractivity contribution in [1.82, 2.24) is 9.97 Å². The standard InChI is InChI=1S/C13H21N3O2/c1-4-5-10-6-14-9(2)15-13(10)16-11-7-18-8-12(11)17-3/h6,11-12H,4-5,7-8H2,1-3H3,(H,14,15,16)/t11-,12-/m0/s1. The minimum Gasteiger partial charge on any atom is -0.377 e. The van der Waals surface area contributed by atoms with Gasteiger partial charge < -0.3 is 14.8 Å². The van der Waals surface area contributed by atoms with Gasteiger partial charge in [-0.3, -0.25) is 0 Å². The van der Waals surface area contributed by atoms with E-state index in [1.54, 1.807) is 7.11 Å². The molecule has 0 radical (unpaired) electrons. The number of hydrogen-bond donors (Lipinski definition) is 1. The molecule has 0 aliphatic carbocycles. The predicted molar refractivity (Wildman–Crippen MR) is 69.8 cm³/mol. The molecular weight excluding hydrogens is 230 g/mol. The SMILES string of the molecule is CCCc1cnc(C)nc1N[C@H]1COC[C@@H]1OC. The van der Waals surface area contributed by atoms with Gasteiger partial charge in [0.05, 0.1) is 19.3 Å². The van der Waals surface area contributed by atoms with Crippen LogP contribution < -0.4 is 5.32 Å². The Morgan fingerprint density at radius 2 is 2.33 bits per heavy atom. The smallest absolute Gasteiger partial charge is 0.133 e. The van der Waals surface area contributed by atoms with Crippen molar-refractivity contribution in [3.05, 3.63) is 17.6 Å². The van der Waals surface area contributed by atoms with E-state index in [4.69, 9.17) is 9.47 Å². The van der Waals surface area contributed by atoms with E-state index in [0.717, 1.165) is 30.0 Å². The summed E-state index contributed by atoms with van der Waals surface area (Å²) in [5.41, 5.74) is 1.16. The van der Waals surface area contributed by atoms with Crippen molar-refractivity contribution in [2.75, 3.05) is 25.6 Å². The molecule has 1 saturated heterocycles. The van der Waals surface area contributed by atoms with Crippen molar-refractivity contribution in [2.24, 2.45) is 0 Å². The van der Waals surface area contributed by atoms with E-state index >= 15 is 0 Å². The fourth-order valence-electron chi connectivity index (χ4n) is 2.15. The molecule has 1 aliphatic heterocycles. The second-order valence-electron chi connectivity index (χ2n) is 4.60. The summed E-state index contributed by atoms with van der Waals surface area (Å²) >= 11 is 0. The third kappa shape index (κ3) is 2.97. The van der Waals surface area contributed by atoms with Crippen molar-refractivity contribution < 1.29 is 9.47 Å². The molecule has 1 aliphatic rings. The molecule has 1 N–H and O–H groups in total. The van der Waals surface area contributed by atoms with Crippen LogP contribution in [0.2, 0.25) is 0 Å². The molecule has 0 saturated carbocycles. The number of aromatic nitrogens is 2. The van der Waals surface area contributed by atoms with Gasteiger partial charge in [0.1, 0.15) is 17.7 Å². The van der Waals surface area contributed by atoms with Crippen molar-refractivity contribution in [3.8, 4) is 0 Å². The lowest BCUT2D eigenvalue weighted by Crippen LogP contribution is -2.34. The highest BCUT2D eigenvalue weighted by molar-refractivity contribution is 5.44. The maximum Gasteiger partial charge on any atom is 0.133 e. The minimum atomic E-state index is 0.0924. The molecule has 0 aromatic carbocycles. The van der Waals surface area contributed by atoms with E-state index in [2.05, 4.69) is 22.2 Å². The van der Waals surface area contributed by atoms with E-state index in [-0.39, 0.29) is 12.1 Å². The highest BCUT2D eigenvalue weighted by Crippen LogP contribution is 2.19. The maximum absolute atomic E-state index is 5.43. The van der Waals surface area contributed by atoms with E-state index in [1.165, 1.54) is 0 Å². The van der Waals surface area contributed by atoms with E-state index in [1.807, 2.05) is 13.1 Å². The molecule has 0 bridgehead atoms. The summed E-state index contributed by atoms with van der Waals surface area (Å²) in [5, 5.41) is 3.44. The molecule has 2 heterocycles. The lowest BCUT2D eigenvalue weighted by molar-refractivity contribution is 0.0795. The van der Waals surface area contributed by atoms with Crippen LogP contribution in [0.1, 0.15) is 24.7 Å².